The molecule has 0 saturated heterocycles. The van der Waals surface area contributed by atoms with E-state index in [4.69, 9.17) is 0 Å². The molecule has 0 spiro atoms. The second kappa shape index (κ2) is 4.49. The van der Waals surface area contributed by atoms with Crippen molar-refractivity contribution in [3.8, 4) is 0 Å². The predicted octanol–water partition coefficient (Wildman–Crippen LogP) is 2.43. The van der Waals surface area contributed by atoms with Gasteiger partial charge in [-0.1, -0.05) is 0 Å². The van der Waals surface area contributed by atoms with Gasteiger partial charge in [-0.3, -0.25) is 4.79 Å². The van der Waals surface area contributed by atoms with Crippen LogP contribution in [-0.2, 0) is 7.05 Å². The molecule has 5 heteroatoms. The Labute approximate surface area is 101 Å². The van der Waals surface area contributed by atoms with Crippen molar-refractivity contribution < 1.29 is 4.79 Å². The first kappa shape index (κ1) is 10.9. The first-order valence-corrected chi connectivity index (χ1v) is 5.51. The molecule has 16 heavy (non-hydrogen) atoms. The lowest BCUT2D eigenvalue weighted by atomic mass is 10.3. The Morgan fingerprint density at radius 3 is 2.88 bits per heavy atom. The van der Waals surface area contributed by atoms with Crippen LogP contribution < -0.4 is 5.32 Å². The minimum absolute atomic E-state index is 0.152. The zero-order chi connectivity index (χ0) is 11.5. The number of pyridine rings is 1. The molecular formula is C11H10BrN3O. The molecule has 0 aliphatic carbocycles. The second-order valence-corrected chi connectivity index (χ2v) is 4.05. The summed E-state index contributed by atoms with van der Waals surface area (Å²) in [4.78, 5) is 15.9. The van der Waals surface area contributed by atoms with Crippen LogP contribution in [0.4, 0.5) is 5.69 Å². The Balaban J connectivity index is 2.21. The molecule has 2 rings (SSSR count). The van der Waals surface area contributed by atoms with Gasteiger partial charge in [-0.2, -0.15) is 0 Å². The molecule has 2 aromatic rings. The minimum Gasteiger partial charge on any atom is -0.347 e. The first-order chi connectivity index (χ1) is 7.68. The van der Waals surface area contributed by atoms with Crippen LogP contribution in [0.15, 0.2) is 41.3 Å². The lowest BCUT2D eigenvalue weighted by Gasteiger charge is -2.06. The molecule has 0 bridgehead atoms. The molecule has 0 unspecified atom stereocenters. The molecule has 0 atom stereocenters. The SMILES string of the molecule is Cn1cccc1C(=O)Nc1cccnc1Br. The number of nitrogens with zero attached hydrogens (tertiary/aromatic N) is 2. The Hall–Kier alpha value is -1.62. The van der Waals surface area contributed by atoms with Gasteiger partial charge in [0.25, 0.3) is 5.91 Å². The maximum absolute atomic E-state index is 11.9. The summed E-state index contributed by atoms with van der Waals surface area (Å²) in [5.41, 5.74) is 1.27. The zero-order valence-corrected chi connectivity index (χ0v) is 10.2. The highest BCUT2D eigenvalue weighted by Gasteiger charge is 2.10. The number of hydrogen-bond donors (Lipinski definition) is 1. The van der Waals surface area contributed by atoms with Crippen molar-refractivity contribution in [2.24, 2.45) is 7.05 Å². The van der Waals surface area contributed by atoms with Crippen LogP contribution in [0.3, 0.4) is 0 Å². The van der Waals surface area contributed by atoms with Gasteiger partial charge in [0.2, 0.25) is 0 Å². The highest BCUT2D eigenvalue weighted by atomic mass is 79.9. The van der Waals surface area contributed by atoms with Crippen LogP contribution in [0.1, 0.15) is 10.5 Å². The fraction of sp³-hybridized carbons (Fsp3) is 0.0909. The number of carbonyl (C=O) groups is 1. The summed E-state index contributed by atoms with van der Waals surface area (Å²) >= 11 is 3.27. The summed E-state index contributed by atoms with van der Waals surface area (Å²) in [5.74, 6) is -0.152. The first-order valence-electron chi connectivity index (χ1n) is 4.71. The maximum atomic E-state index is 11.9. The van der Waals surface area contributed by atoms with Gasteiger partial charge in [0.15, 0.2) is 0 Å². The van der Waals surface area contributed by atoms with Gasteiger partial charge in [0.05, 0.1) is 5.69 Å². The van der Waals surface area contributed by atoms with Crippen LogP contribution in [0.25, 0.3) is 0 Å². The molecular weight excluding hydrogens is 270 g/mol. The molecule has 1 N–H and O–H groups in total. The van der Waals surface area contributed by atoms with Crippen LogP contribution in [0, 0.1) is 0 Å². The van der Waals surface area contributed by atoms with Gasteiger partial charge in [-0.15, -0.1) is 0 Å². The van der Waals surface area contributed by atoms with Gasteiger partial charge in [0, 0.05) is 19.4 Å². The Morgan fingerprint density at radius 2 is 2.25 bits per heavy atom. The molecule has 2 heterocycles. The normalized spacial score (nSPS) is 10.1. The van der Waals surface area contributed by atoms with E-state index in [1.165, 1.54) is 0 Å². The summed E-state index contributed by atoms with van der Waals surface area (Å²) in [7, 11) is 1.83. The van der Waals surface area contributed by atoms with E-state index < -0.39 is 0 Å². The monoisotopic (exact) mass is 279 g/mol. The van der Waals surface area contributed by atoms with Crippen molar-refractivity contribution in [2.45, 2.75) is 0 Å². The van der Waals surface area contributed by atoms with Crippen LogP contribution in [-0.4, -0.2) is 15.5 Å². The highest BCUT2D eigenvalue weighted by Crippen LogP contribution is 2.19. The molecule has 0 saturated carbocycles. The third-order valence-corrected chi connectivity index (χ3v) is 2.82. The van der Waals surface area contributed by atoms with E-state index in [2.05, 4.69) is 26.2 Å². The summed E-state index contributed by atoms with van der Waals surface area (Å²) in [6.07, 6.45) is 3.48. The zero-order valence-electron chi connectivity index (χ0n) is 8.64. The predicted molar refractivity (Wildman–Crippen MR) is 65.3 cm³/mol. The number of aryl methyl sites for hydroxylation is 1. The van der Waals surface area contributed by atoms with Crippen LogP contribution in [0.2, 0.25) is 0 Å². The number of anilines is 1. The average Bonchev–Trinajstić information content (AvgIpc) is 2.68. The van der Waals surface area contributed by atoms with Crippen molar-refractivity contribution in [3.63, 3.8) is 0 Å². The molecule has 0 aliphatic rings. The topological polar surface area (TPSA) is 46.9 Å². The summed E-state index contributed by atoms with van der Waals surface area (Å²) in [5, 5.41) is 2.78. The molecule has 0 radical (unpaired) electrons. The van der Waals surface area contributed by atoms with Crippen molar-refractivity contribution in [1.82, 2.24) is 9.55 Å². The minimum atomic E-state index is -0.152. The van der Waals surface area contributed by atoms with E-state index in [-0.39, 0.29) is 5.91 Å². The lowest BCUT2D eigenvalue weighted by molar-refractivity contribution is 0.101. The van der Waals surface area contributed by atoms with Crippen LogP contribution in [0.5, 0.6) is 0 Å². The number of halogens is 1. The van der Waals surface area contributed by atoms with Crippen molar-refractivity contribution in [1.29, 1.82) is 0 Å². The standard InChI is InChI=1S/C11H10BrN3O/c1-15-7-3-5-9(15)11(16)14-8-4-2-6-13-10(8)12/h2-7H,1H3,(H,14,16). The van der Waals surface area contributed by atoms with Gasteiger partial charge >= 0.3 is 0 Å². The Morgan fingerprint density at radius 1 is 1.44 bits per heavy atom. The molecule has 82 valence electrons. The fourth-order valence-corrected chi connectivity index (χ4v) is 1.71. The number of nitrogens with one attached hydrogen (secondary N) is 1. The summed E-state index contributed by atoms with van der Waals surface area (Å²) in [6, 6.07) is 7.15. The van der Waals surface area contributed by atoms with E-state index in [0.29, 0.717) is 16.0 Å². The molecule has 4 nitrogen and oxygen atoms in total. The molecule has 0 aliphatic heterocycles. The third kappa shape index (κ3) is 2.14. The molecule has 0 aromatic carbocycles. The van der Waals surface area contributed by atoms with E-state index in [1.54, 1.807) is 29.0 Å². The number of rotatable bonds is 2. The molecule has 0 fully saturated rings. The maximum Gasteiger partial charge on any atom is 0.272 e. The van der Waals surface area contributed by atoms with Crippen molar-refractivity contribution in [2.75, 3.05) is 5.32 Å². The summed E-state index contributed by atoms with van der Waals surface area (Å²) in [6.45, 7) is 0. The second-order valence-electron chi connectivity index (χ2n) is 3.30. The number of carbonyl (C=O) groups excluding carboxylic acids is 1. The fourth-order valence-electron chi connectivity index (χ4n) is 1.36. The largest absolute Gasteiger partial charge is 0.347 e. The lowest BCUT2D eigenvalue weighted by Crippen LogP contribution is -2.15. The van der Waals surface area contributed by atoms with Gasteiger partial charge in [0.1, 0.15) is 10.3 Å². The van der Waals surface area contributed by atoms with Crippen molar-refractivity contribution in [3.05, 3.63) is 47.0 Å². The Bertz CT molecular complexity index is 521. The highest BCUT2D eigenvalue weighted by molar-refractivity contribution is 9.10. The molecule has 2 aromatic heterocycles. The number of amides is 1. The van der Waals surface area contributed by atoms with Gasteiger partial charge < -0.3 is 9.88 Å². The average molecular weight is 280 g/mol. The molecule has 1 amide bonds. The number of aromatic nitrogens is 2. The van der Waals surface area contributed by atoms with Gasteiger partial charge in [-0.25, -0.2) is 4.98 Å². The van der Waals surface area contributed by atoms with E-state index in [9.17, 15) is 4.79 Å². The van der Waals surface area contributed by atoms with E-state index in [1.807, 2.05) is 19.3 Å². The third-order valence-electron chi connectivity index (χ3n) is 2.18. The Kier molecular flexibility index (Phi) is 3.05. The quantitative estimate of drug-likeness (QED) is 0.859. The van der Waals surface area contributed by atoms with E-state index in [0.717, 1.165) is 0 Å². The van der Waals surface area contributed by atoms with E-state index >= 15 is 0 Å². The summed E-state index contributed by atoms with van der Waals surface area (Å²) < 4.78 is 2.39. The van der Waals surface area contributed by atoms with Crippen LogP contribution >= 0.6 is 15.9 Å². The smallest absolute Gasteiger partial charge is 0.272 e. The number of hydrogen-bond acceptors (Lipinski definition) is 2. The van der Waals surface area contributed by atoms with Crippen molar-refractivity contribution >= 4 is 27.5 Å². The van der Waals surface area contributed by atoms with Gasteiger partial charge in [-0.05, 0) is 40.2 Å².